The maximum Gasteiger partial charge on any atom is 0.226 e. The van der Waals surface area contributed by atoms with Crippen LogP contribution in [0, 0.1) is 6.92 Å². The summed E-state index contributed by atoms with van der Waals surface area (Å²) in [7, 11) is 0. The lowest BCUT2D eigenvalue weighted by Gasteiger charge is -2.41. The summed E-state index contributed by atoms with van der Waals surface area (Å²) in [6.07, 6.45) is 4.37. The van der Waals surface area contributed by atoms with Gasteiger partial charge in [-0.05, 0) is 32.6 Å². The Kier molecular flexibility index (Phi) is 4.01. The SMILES string of the molecule is CCCOc1cc(C)nc(NC2(CN)CCC2)n1. The van der Waals surface area contributed by atoms with Crippen molar-refractivity contribution in [3.8, 4) is 5.88 Å². The van der Waals surface area contributed by atoms with E-state index in [9.17, 15) is 0 Å². The van der Waals surface area contributed by atoms with Crippen molar-refractivity contribution in [3.63, 3.8) is 0 Å². The number of hydrogen-bond donors (Lipinski definition) is 2. The molecular weight excluding hydrogens is 228 g/mol. The van der Waals surface area contributed by atoms with Crippen molar-refractivity contribution >= 4 is 5.95 Å². The lowest BCUT2D eigenvalue weighted by atomic mass is 9.77. The third-order valence-electron chi connectivity index (χ3n) is 3.36. The quantitative estimate of drug-likeness (QED) is 0.806. The van der Waals surface area contributed by atoms with Gasteiger partial charge in [-0.15, -0.1) is 0 Å². The van der Waals surface area contributed by atoms with E-state index in [2.05, 4.69) is 22.2 Å². The summed E-state index contributed by atoms with van der Waals surface area (Å²) in [4.78, 5) is 8.78. The minimum atomic E-state index is -0.00415. The molecule has 1 aromatic rings. The highest BCUT2D eigenvalue weighted by Crippen LogP contribution is 2.33. The van der Waals surface area contributed by atoms with E-state index in [0.717, 1.165) is 25.0 Å². The highest BCUT2D eigenvalue weighted by Gasteiger charge is 2.36. The Labute approximate surface area is 108 Å². The second-order valence-corrected chi connectivity index (χ2v) is 4.98. The number of nitrogens with zero attached hydrogens (tertiary/aromatic N) is 2. The molecule has 1 aromatic heterocycles. The maximum atomic E-state index is 5.82. The first-order valence-electron chi connectivity index (χ1n) is 6.64. The van der Waals surface area contributed by atoms with E-state index in [1.54, 1.807) is 0 Å². The molecule has 2 rings (SSSR count). The third kappa shape index (κ3) is 2.90. The van der Waals surface area contributed by atoms with Crippen molar-refractivity contribution < 1.29 is 4.74 Å². The first kappa shape index (κ1) is 13.1. The minimum Gasteiger partial charge on any atom is -0.478 e. The molecule has 3 N–H and O–H groups in total. The molecule has 0 bridgehead atoms. The molecule has 100 valence electrons. The average Bonchev–Trinajstić information content (AvgIpc) is 2.30. The molecule has 0 aromatic carbocycles. The fourth-order valence-corrected chi connectivity index (χ4v) is 2.10. The van der Waals surface area contributed by atoms with E-state index < -0.39 is 0 Å². The standard InChI is InChI=1S/C13H22N4O/c1-3-7-18-11-8-10(2)15-12(16-11)17-13(9-14)5-4-6-13/h8H,3-7,9,14H2,1-2H3,(H,15,16,17). The van der Waals surface area contributed by atoms with Gasteiger partial charge in [0, 0.05) is 18.3 Å². The maximum absolute atomic E-state index is 5.82. The number of anilines is 1. The molecule has 0 saturated heterocycles. The van der Waals surface area contributed by atoms with Crippen LogP contribution in [0.15, 0.2) is 6.07 Å². The highest BCUT2D eigenvalue weighted by molar-refractivity contribution is 5.35. The van der Waals surface area contributed by atoms with E-state index in [-0.39, 0.29) is 5.54 Å². The van der Waals surface area contributed by atoms with Gasteiger partial charge < -0.3 is 15.8 Å². The first-order valence-corrected chi connectivity index (χ1v) is 6.64. The molecular formula is C13H22N4O. The molecule has 0 spiro atoms. The van der Waals surface area contributed by atoms with Gasteiger partial charge in [-0.2, -0.15) is 4.98 Å². The fourth-order valence-electron chi connectivity index (χ4n) is 2.10. The Bertz CT molecular complexity index is 398. The van der Waals surface area contributed by atoms with E-state index >= 15 is 0 Å². The van der Waals surface area contributed by atoms with Crippen molar-refractivity contribution in [2.45, 2.75) is 45.1 Å². The molecule has 18 heavy (non-hydrogen) atoms. The summed E-state index contributed by atoms with van der Waals surface area (Å²) in [6.45, 7) is 5.32. The van der Waals surface area contributed by atoms with Crippen LogP contribution in [0.2, 0.25) is 0 Å². The van der Waals surface area contributed by atoms with Crippen LogP contribution in [0.1, 0.15) is 38.3 Å². The second-order valence-electron chi connectivity index (χ2n) is 4.98. The Morgan fingerprint density at radius 2 is 2.22 bits per heavy atom. The second kappa shape index (κ2) is 5.52. The average molecular weight is 250 g/mol. The van der Waals surface area contributed by atoms with Crippen molar-refractivity contribution in [2.75, 3.05) is 18.5 Å². The van der Waals surface area contributed by atoms with Crippen LogP contribution in [-0.4, -0.2) is 28.7 Å². The monoisotopic (exact) mass is 250 g/mol. The van der Waals surface area contributed by atoms with Gasteiger partial charge in [0.1, 0.15) is 0 Å². The number of rotatable bonds is 6. The zero-order valence-corrected chi connectivity index (χ0v) is 11.2. The number of aromatic nitrogens is 2. The summed E-state index contributed by atoms with van der Waals surface area (Å²) in [5, 5.41) is 3.37. The summed E-state index contributed by atoms with van der Waals surface area (Å²) >= 11 is 0. The lowest BCUT2D eigenvalue weighted by molar-refractivity contribution is 0.283. The van der Waals surface area contributed by atoms with Crippen LogP contribution in [0.25, 0.3) is 0 Å². The molecule has 1 fully saturated rings. The molecule has 0 radical (unpaired) electrons. The van der Waals surface area contributed by atoms with Gasteiger partial charge in [-0.25, -0.2) is 4.98 Å². The number of nitrogens with two attached hydrogens (primary N) is 1. The van der Waals surface area contributed by atoms with Gasteiger partial charge in [0.2, 0.25) is 11.8 Å². The molecule has 5 nitrogen and oxygen atoms in total. The number of ether oxygens (including phenoxy) is 1. The normalized spacial score (nSPS) is 17.1. The largest absolute Gasteiger partial charge is 0.478 e. The topological polar surface area (TPSA) is 73.1 Å². The van der Waals surface area contributed by atoms with Crippen LogP contribution in [0.4, 0.5) is 5.95 Å². The van der Waals surface area contributed by atoms with E-state index in [1.807, 2.05) is 13.0 Å². The van der Waals surface area contributed by atoms with Crippen molar-refractivity contribution in [2.24, 2.45) is 5.73 Å². The molecule has 1 aliphatic carbocycles. The van der Waals surface area contributed by atoms with E-state index in [4.69, 9.17) is 10.5 Å². The summed E-state index contributed by atoms with van der Waals surface area (Å²) in [5.74, 6) is 1.27. The van der Waals surface area contributed by atoms with Crippen LogP contribution in [-0.2, 0) is 0 Å². The predicted octanol–water partition coefficient (Wildman–Crippen LogP) is 1.87. The van der Waals surface area contributed by atoms with Gasteiger partial charge in [0.25, 0.3) is 0 Å². The molecule has 1 heterocycles. The molecule has 1 saturated carbocycles. The fraction of sp³-hybridized carbons (Fsp3) is 0.692. The Balaban J connectivity index is 2.09. The number of hydrogen-bond acceptors (Lipinski definition) is 5. The summed E-state index contributed by atoms with van der Waals surface area (Å²) in [6, 6.07) is 1.86. The molecule has 5 heteroatoms. The highest BCUT2D eigenvalue weighted by atomic mass is 16.5. The Morgan fingerprint density at radius 1 is 1.44 bits per heavy atom. The molecule has 0 aliphatic heterocycles. The molecule has 0 amide bonds. The van der Waals surface area contributed by atoms with Gasteiger partial charge >= 0.3 is 0 Å². The van der Waals surface area contributed by atoms with Crippen LogP contribution in [0.3, 0.4) is 0 Å². The van der Waals surface area contributed by atoms with Crippen LogP contribution in [0.5, 0.6) is 5.88 Å². The third-order valence-corrected chi connectivity index (χ3v) is 3.36. The van der Waals surface area contributed by atoms with Gasteiger partial charge in [-0.1, -0.05) is 6.92 Å². The van der Waals surface area contributed by atoms with E-state index in [1.165, 1.54) is 6.42 Å². The van der Waals surface area contributed by atoms with Crippen LogP contribution < -0.4 is 15.8 Å². The zero-order valence-electron chi connectivity index (χ0n) is 11.2. The summed E-state index contributed by atoms with van der Waals surface area (Å²) in [5.41, 5.74) is 6.73. The van der Waals surface area contributed by atoms with Crippen LogP contribution >= 0.6 is 0 Å². The molecule has 0 atom stereocenters. The van der Waals surface area contributed by atoms with E-state index in [0.29, 0.717) is 25.0 Å². The molecule has 0 unspecified atom stereocenters. The minimum absolute atomic E-state index is 0.00415. The number of aryl methyl sites for hydroxylation is 1. The van der Waals surface area contributed by atoms with Crippen molar-refractivity contribution in [1.29, 1.82) is 0 Å². The predicted molar refractivity (Wildman–Crippen MR) is 71.8 cm³/mol. The molecule has 1 aliphatic rings. The van der Waals surface area contributed by atoms with Gasteiger partial charge in [0.05, 0.1) is 12.1 Å². The zero-order chi connectivity index (χ0) is 13.0. The van der Waals surface area contributed by atoms with Crippen molar-refractivity contribution in [3.05, 3.63) is 11.8 Å². The van der Waals surface area contributed by atoms with Crippen molar-refractivity contribution in [1.82, 2.24) is 9.97 Å². The Hall–Kier alpha value is -1.36. The summed E-state index contributed by atoms with van der Waals surface area (Å²) < 4.78 is 5.55. The smallest absolute Gasteiger partial charge is 0.226 e. The Morgan fingerprint density at radius 3 is 2.78 bits per heavy atom. The number of nitrogens with one attached hydrogen (secondary N) is 1. The van der Waals surface area contributed by atoms with Gasteiger partial charge in [0.15, 0.2) is 0 Å². The van der Waals surface area contributed by atoms with Gasteiger partial charge in [-0.3, -0.25) is 0 Å². The first-order chi connectivity index (χ1) is 8.67. The lowest BCUT2D eigenvalue weighted by Crippen LogP contribution is -2.51.